The Morgan fingerprint density at radius 3 is 2.77 bits per heavy atom. The number of nitrogens with zero attached hydrogens (tertiary/aromatic N) is 3. The van der Waals surface area contributed by atoms with Crippen LogP contribution in [0.5, 0.6) is 11.5 Å². The van der Waals surface area contributed by atoms with E-state index in [4.69, 9.17) is 20.0 Å². The van der Waals surface area contributed by atoms with Gasteiger partial charge in [0.05, 0.1) is 25.6 Å². The molecule has 0 saturated heterocycles. The molecule has 164 valence electrons. The highest BCUT2D eigenvalue weighted by atomic mass is 16.6. The topological polar surface area (TPSA) is 98.7 Å². The van der Waals surface area contributed by atoms with Gasteiger partial charge in [0, 0.05) is 17.8 Å². The highest BCUT2D eigenvalue weighted by Gasteiger charge is 2.20. The number of carbonyl (C=O) groups is 1. The van der Waals surface area contributed by atoms with E-state index in [1.54, 1.807) is 19.2 Å². The van der Waals surface area contributed by atoms with Gasteiger partial charge in [0.1, 0.15) is 0 Å². The van der Waals surface area contributed by atoms with Gasteiger partial charge in [-0.2, -0.15) is 5.10 Å². The van der Waals surface area contributed by atoms with Crippen LogP contribution in [0.1, 0.15) is 37.3 Å². The molecule has 31 heavy (non-hydrogen) atoms. The number of hydrogen-bond acceptors (Lipinski definition) is 7. The van der Waals surface area contributed by atoms with Crippen molar-refractivity contribution < 1.29 is 19.1 Å². The monoisotopic (exact) mass is 424 g/mol. The maximum atomic E-state index is 12.5. The molecule has 0 radical (unpaired) electrons. The number of ether oxygens (including phenoxy) is 2. The maximum Gasteiger partial charge on any atom is 0.283 e. The Balaban J connectivity index is 1.62. The summed E-state index contributed by atoms with van der Waals surface area (Å²) >= 11 is 0. The van der Waals surface area contributed by atoms with Crippen LogP contribution >= 0.6 is 0 Å². The van der Waals surface area contributed by atoms with Crippen LogP contribution in [0.15, 0.2) is 52.7 Å². The first-order valence-electron chi connectivity index (χ1n) is 10.3. The summed E-state index contributed by atoms with van der Waals surface area (Å²) in [6.07, 6.45) is 4.03. The number of nitrogens with two attached hydrogens (primary N) is 1. The van der Waals surface area contributed by atoms with E-state index in [0.29, 0.717) is 30.3 Å². The van der Waals surface area contributed by atoms with Crippen molar-refractivity contribution in [2.45, 2.75) is 26.2 Å². The summed E-state index contributed by atoms with van der Waals surface area (Å²) in [5, 5.41) is 9.82. The van der Waals surface area contributed by atoms with Crippen molar-refractivity contribution in [3.05, 3.63) is 53.6 Å². The predicted molar refractivity (Wildman–Crippen MR) is 121 cm³/mol. The van der Waals surface area contributed by atoms with Gasteiger partial charge >= 0.3 is 0 Å². The van der Waals surface area contributed by atoms with Gasteiger partial charge in [-0.3, -0.25) is 4.79 Å². The van der Waals surface area contributed by atoms with Gasteiger partial charge in [-0.1, -0.05) is 24.2 Å². The van der Waals surface area contributed by atoms with Crippen molar-refractivity contribution in [1.29, 1.82) is 0 Å². The minimum absolute atomic E-state index is 0.185. The molecule has 1 aliphatic rings. The number of methoxy groups -OCH3 is 1. The number of benzene rings is 2. The predicted octanol–water partition coefficient (Wildman–Crippen LogP) is 3.44. The van der Waals surface area contributed by atoms with E-state index in [-0.39, 0.29) is 12.5 Å². The minimum Gasteiger partial charge on any atom is -0.493 e. The van der Waals surface area contributed by atoms with Crippen molar-refractivity contribution in [2.75, 3.05) is 32.6 Å². The van der Waals surface area contributed by atoms with Crippen molar-refractivity contribution in [2.24, 2.45) is 10.3 Å². The third kappa shape index (κ3) is 6.21. The highest BCUT2D eigenvalue weighted by molar-refractivity contribution is 6.02. The average Bonchev–Trinajstić information content (AvgIpc) is 2.81. The molecule has 2 N–H and O–H groups in total. The zero-order valence-electron chi connectivity index (χ0n) is 17.9. The number of carbonyl (C=O) groups excluding carboxylic acids is 1. The zero-order valence-corrected chi connectivity index (χ0v) is 17.9. The van der Waals surface area contributed by atoms with E-state index in [1.807, 2.05) is 37.3 Å². The number of anilines is 1. The number of nitrogen functional groups attached to an aromatic ring is 1. The van der Waals surface area contributed by atoms with Gasteiger partial charge in [0.2, 0.25) is 0 Å². The van der Waals surface area contributed by atoms with E-state index >= 15 is 0 Å². The molecule has 1 heterocycles. The fourth-order valence-corrected chi connectivity index (χ4v) is 3.05. The quantitative estimate of drug-likeness (QED) is 0.378. The van der Waals surface area contributed by atoms with Gasteiger partial charge in [-0.05, 0) is 55.2 Å². The van der Waals surface area contributed by atoms with Crippen LogP contribution in [-0.4, -0.2) is 49.7 Å². The lowest BCUT2D eigenvalue weighted by Crippen LogP contribution is -2.34. The summed E-state index contributed by atoms with van der Waals surface area (Å²) in [6, 6.07) is 12.9. The summed E-state index contributed by atoms with van der Waals surface area (Å²) in [5.74, 6) is 1.10. The number of amides is 1. The van der Waals surface area contributed by atoms with E-state index in [9.17, 15) is 4.79 Å². The molecule has 2 aromatic carbocycles. The Labute approximate surface area is 182 Å². The largest absolute Gasteiger partial charge is 0.493 e. The lowest BCUT2D eigenvalue weighted by molar-refractivity contribution is -0.136. The van der Waals surface area contributed by atoms with Crippen LogP contribution in [0.3, 0.4) is 0 Å². The molecule has 0 saturated carbocycles. The summed E-state index contributed by atoms with van der Waals surface area (Å²) in [6.45, 7) is 3.01. The van der Waals surface area contributed by atoms with E-state index in [1.165, 1.54) is 11.2 Å². The Morgan fingerprint density at radius 2 is 2.03 bits per heavy atom. The summed E-state index contributed by atoms with van der Waals surface area (Å²) < 4.78 is 11.2. The third-order valence-electron chi connectivity index (χ3n) is 4.67. The average molecular weight is 425 g/mol. The Hall–Kier alpha value is -3.55. The molecule has 0 aliphatic carbocycles. The Kier molecular flexibility index (Phi) is 7.86. The molecular weight excluding hydrogens is 396 g/mol. The minimum atomic E-state index is -0.248. The first kappa shape index (κ1) is 22.1. The lowest BCUT2D eigenvalue weighted by atomic mass is 10.0. The van der Waals surface area contributed by atoms with Crippen LogP contribution in [0.25, 0.3) is 0 Å². The molecule has 0 atom stereocenters. The highest BCUT2D eigenvalue weighted by Crippen LogP contribution is 2.29. The lowest BCUT2D eigenvalue weighted by Gasteiger charge is -2.23. The zero-order chi connectivity index (χ0) is 22.1. The van der Waals surface area contributed by atoms with Gasteiger partial charge in [0.15, 0.2) is 18.1 Å². The SMILES string of the molecule is CCCOc1cc(C2=NN(C(=O)CON=Cc3ccc(N)cc3)CCC2)ccc1OC. The van der Waals surface area contributed by atoms with Crippen LogP contribution in [0, 0.1) is 0 Å². The van der Waals surface area contributed by atoms with E-state index < -0.39 is 0 Å². The summed E-state index contributed by atoms with van der Waals surface area (Å²) in [7, 11) is 1.61. The second kappa shape index (κ2) is 11.0. The standard InChI is InChI=1S/C23H28N4O4/c1-3-13-30-22-14-18(8-11-21(22)29-2)20-5-4-12-27(26-20)23(28)16-31-25-15-17-6-9-19(24)10-7-17/h6-11,14-15H,3-5,12-13,16,24H2,1-2H3. The first-order chi connectivity index (χ1) is 15.1. The normalized spacial score (nSPS) is 13.7. The van der Waals surface area contributed by atoms with Crippen molar-refractivity contribution in [1.82, 2.24) is 5.01 Å². The van der Waals surface area contributed by atoms with Crippen LogP contribution in [0.2, 0.25) is 0 Å². The van der Waals surface area contributed by atoms with E-state index in [2.05, 4.69) is 10.3 Å². The molecule has 0 spiro atoms. The smallest absolute Gasteiger partial charge is 0.283 e. The number of rotatable bonds is 9. The molecule has 1 amide bonds. The first-order valence-corrected chi connectivity index (χ1v) is 10.3. The van der Waals surface area contributed by atoms with Crippen molar-refractivity contribution in [3.8, 4) is 11.5 Å². The van der Waals surface area contributed by atoms with Gasteiger partial charge < -0.3 is 20.0 Å². The van der Waals surface area contributed by atoms with Crippen LogP contribution in [0.4, 0.5) is 5.69 Å². The maximum absolute atomic E-state index is 12.5. The molecule has 0 bridgehead atoms. The summed E-state index contributed by atoms with van der Waals surface area (Å²) in [4.78, 5) is 17.7. The molecule has 0 unspecified atom stereocenters. The second-order valence-electron chi connectivity index (χ2n) is 7.06. The molecule has 8 nitrogen and oxygen atoms in total. The molecule has 8 heteroatoms. The Bertz CT molecular complexity index is 941. The molecular formula is C23H28N4O4. The third-order valence-corrected chi connectivity index (χ3v) is 4.67. The Morgan fingerprint density at radius 1 is 1.23 bits per heavy atom. The number of hydrogen-bond donors (Lipinski definition) is 1. The van der Waals surface area contributed by atoms with Crippen molar-refractivity contribution in [3.63, 3.8) is 0 Å². The van der Waals surface area contributed by atoms with Crippen LogP contribution in [-0.2, 0) is 9.63 Å². The molecule has 0 fully saturated rings. The molecule has 0 aromatic heterocycles. The van der Waals surface area contributed by atoms with Crippen LogP contribution < -0.4 is 15.2 Å². The number of oxime groups is 1. The molecule has 1 aliphatic heterocycles. The summed E-state index contributed by atoms with van der Waals surface area (Å²) in [5.41, 5.74) is 8.89. The fraction of sp³-hybridized carbons (Fsp3) is 0.348. The number of hydrazone groups is 1. The van der Waals surface area contributed by atoms with E-state index in [0.717, 1.165) is 36.1 Å². The van der Waals surface area contributed by atoms with Gasteiger partial charge in [0.25, 0.3) is 5.91 Å². The second-order valence-corrected chi connectivity index (χ2v) is 7.06. The fourth-order valence-electron chi connectivity index (χ4n) is 3.05. The van der Waals surface area contributed by atoms with Gasteiger partial charge in [-0.25, -0.2) is 5.01 Å². The molecule has 3 rings (SSSR count). The molecule has 2 aromatic rings. The van der Waals surface area contributed by atoms with Gasteiger partial charge in [-0.15, -0.1) is 0 Å². The van der Waals surface area contributed by atoms with Crippen molar-refractivity contribution >= 4 is 23.5 Å².